The second-order valence-electron chi connectivity index (χ2n) is 5.83. The molecule has 7 heteroatoms. The van der Waals surface area contributed by atoms with Gasteiger partial charge in [-0.15, -0.1) is 0 Å². The van der Waals surface area contributed by atoms with Crippen LogP contribution in [0.2, 0.25) is 0 Å². The van der Waals surface area contributed by atoms with E-state index in [2.05, 4.69) is 20.6 Å². The van der Waals surface area contributed by atoms with E-state index in [0.29, 0.717) is 25.5 Å². The third kappa shape index (κ3) is 3.63. The lowest BCUT2D eigenvalue weighted by Crippen LogP contribution is -2.45. The standard InChI is InChI=1S/C17H22N4O3/c1-4-24-16-9-23-8-15(16)21-17(22)20-12-5-6-13-14(7-12)19-11(3)10(2)18-13/h5-7,15-16H,4,8-9H2,1-3H3,(H2,20,21,22). The number of benzene rings is 1. The summed E-state index contributed by atoms with van der Waals surface area (Å²) in [5.41, 5.74) is 4.03. The molecule has 0 saturated carbocycles. The number of rotatable bonds is 4. The fraction of sp³-hybridized carbons (Fsp3) is 0.471. The number of urea groups is 1. The van der Waals surface area contributed by atoms with E-state index in [4.69, 9.17) is 9.47 Å². The number of carbonyl (C=O) groups is 1. The zero-order valence-electron chi connectivity index (χ0n) is 14.1. The van der Waals surface area contributed by atoms with Crippen LogP contribution in [0.15, 0.2) is 18.2 Å². The fourth-order valence-corrected chi connectivity index (χ4v) is 2.69. The third-order valence-electron chi connectivity index (χ3n) is 4.06. The summed E-state index contributed by atoms with van der Waals surface area (Å²) in [5.74, 6) is 0. The molecule has 24 heavy (non-hydrogen) atoms. The van der Waals surface area contributed by atoms with Gasteiger partial charge >= 0.3 is 6.03 Å². The number of carbonyl (C=O) groups excluding carboxylic acids is 1. The van der Waals surface area contributed by atoms with Crippen LogP contribution in [0.25, 0.3) is 11.0 Å². The lowest BCUT2D eigenvalue weighted by atomic mass is 10.2. The van der Waals surface area contributed by atoms with Crippen molar-refractivity contribution in [3.05, 3.63) is 29.6 Å². The van der Waals surface area contributed by atoms with Gasteiger partial charge < -0.3 is 20.1 Å². The first-order valence-corrected chi connectivity index (χ1v) is 8.08. The average molecular weight is 330 g/mol. The van der Waals surface area contributed by atoms with Gasteiger partial charge in [-0.2, -0.15) is 0 Å². The number of hydrogen-bond acceptors (Lipinski definition) is 5. The Morgan fingerprint density at radius 1 is 1.25 bits per heavy atom. The van der Waals surface area contributed by atoms with Crippen molar-refractivity contribution in [1.82, 2.24) is 15.3 Å². The van der Waals surface area contributed by atoms with Crippen LogP contribution in [0.5, 0.6) is 0 Å². The Bertz CT molecular complexity index is 750. The number of anilines is 1. The first kappa shape index (κ1) is 16.6. The van der Waals surface area contributed by atoms with Gasteiger partial charge in [-0.25, -0.2) is 14.8 Å². The second kappa shape index (κ2) is 7.11. The molecule has 7 nitrogen and oxygen atoms in total. The summed E-state index contributed by atoms with van der Waals surface area (Å²) in [6.07, 6.45) is -0.103. The number of nitrogens with zero attached hydrogens (tertiary/aromatic N) is 2. The first-order valence-electron chi connectivity index (χ1n) is 8.08. The summed E-state index contributed by atoms with van der Waals surface area (Å²) in [5, 5.41) is 5.72. The summed E-state index contributed by atoms with van der Waals surface area (Å²) >= 11 is 0. The summed E-state index contributed by atoms with van der Waals surface area (Å²) in [7, 11) is 0. The Kier molecular flexibility index (Phi) is 4.92. The smallest absolute Gasteiger partial charge is 0.319 e. The van der Waals surface area contributed by atoms with E-state index in [0.717, 1.165) is 22.4 Å². The van der Waals surface area contributed by atoms with Crippen LogP contribution in [0, 0.1) is 13.8 Å². The number of nitrogens with one attached hydrogen (secondary N) is 2. The van der Waals surface area contributed by atoms with Crippen molar-refractivity contribution in [2.45, 2.75) is 32.9 Å². The largest absolute Gasteiger partial charge is 0.376 e. The molecule has 0 radical (unpaired) electrons. The maximum absolute atomic E-state index is 12.2. The second-order valence-corrected chi connectivity index (χ2v) is 5.83. The summed E-state index contributed by atoms with van der Waals surface area (Å²) < 4.78 is 10.9. The maximum Gasteiger partial charge on any atom is 0.319 e. The molecule has 2 heterocycles. The van der Waals surface area contributed by atoms with Crippen LogP contribution < -0.4 is 10.6 Å². The van der Waals surface area contributed by atoms with Gasteiger partial charge in [0.15, 0.2) is 0 Å². The van der Waals surface area contributed by atoms with E-state index in [9.17, 15) is 4.79 Å². The van der Waals surface area contributed by atoms with Gasteiger partial charge in [0.05, 0.1) is 41.7 Å². The Hall–Kier alpha value is -2.25. The van der Waals surface area contributed by atoms with Crippen LogP contribution in [-0.4, -0.2) is 48.0 Å². The topological polar surface area (TPSA) is 85.4 Å². The zero-order chi connectivity index (χ0) is 17.1. The van der Waals surface area contributed by atoms with Gasteiger partial charge in [0, 0.05) is 12.3 Å². The Morgan fingerprint density at radius 3 is 2.75 bits per heavy atom. The molecule has 1 aromatic carbocycles. The van der Waals surface area contributed by atoms with E-state index in [1.807, 2.05) is 39.0 Å². The van der Waals surface area contributed by atoms with Crippen molar-refractivity contribution in [2.75, 3.05) is 25.1 Å². The van der Waals surface area contributed by atoms with Crippen LogP contribution in [-0.2, 0) is 9.47 Å². The molecule has 2 N–H and O–H groups in total. The van der Waals surface area contributed by atoms with Crippen molar-refractivity contribution < 1.29 is 14.3 Å². The van der Waals surface area contributed by atoms with Gasteiger partial charge in [-0.3, -0.25) is 0 Å². The molecular weight excluding hydrogens is 308 g/mol. The van der Waals surface area contributed by atoms with E-state index in [-0.39, 0.29) is 18.2 Å². The number of aryl methyl sites for hydroxylation is 2. The van der Waals surface area contributed by atoms with E-state index in [1.54, 1.807) is 0 Å². The molecule has 3 rings (SSSR count). The molecule has 0 spiro atoms. The van der Waals surface area contributed by atoms with Crippen LogP contribution in [0.1, 0.15) is 18.3 Å². The monoisotopic (exact) mass is 330 g/mol. The van der Waals surface area contributed by atoms with Gasteiger partial charge in [0.2, 0.25) is 0 Å². The molecule has 128 valence electrons. The van der Waals surface area contributed by atoms with Gasteiger partial charge in [0.1, 0.15) is 6.10 Å². The van der Waals surface area contributed by atoms with Crippen molar-refractivity contribution in [2.24, 2.45) is 0 Å². The number of amides is 2. The van der Waals surface area contributed by atoms with Crippen LogP contribution in [0.4, 0.5) is 10.5 Å². The molecule has 1 aromatic heterocycles. The zero-order valence-corrected chi connectivity index (χ0v) is 14.1. The Morgan fingerprint density at radius 2 is 2.00 bits per heavy atom. The van der Waals surface area contributed by atoms with Crippen molar-refractivity contribution in [1.29, 1.82) is 0 Å². The predicted molar refractivity (Wildman–Crippen MR) is 91.2 cm³/mol. The average Bonchev–Trinajstić information content (AvgIpc) is 2.96. The highest BCUT2D eigenvalue weighted by Crippen LogP contribution is 2.18. The van der Waals surface area contributed by atoms with E-state index < -0.39 is 0 Å². The quantitative estimate of drug-likeness (QED) is 0.897. The van der Waals surface area contributed by atoms with Gasteiger partial charge in [0.25, 0.3) is 0 Å². The maximum atomic E-state index is 12.2. The molecule has 2 unspecified atom stereocenters. The molecule has 2 atom stereocenters. The third-order valence-corrected chi connectivity index (χ3v) is 4.06. The molecule has 2 amide bonds. The van der Waals surface area contributed by atoms with Crippen molar-refractivity contribution in [3.8, 4) is 0 Å². The summed E-state index contributed by atoms with van der Waals surface area (Å²) in [6.45, 7) is 7.33. The first-order chi connectivity index (χ1) is 11.6. The minimum absolute atomic E-state index is 0.103. The highest BCUT2D eigenvalue weighted by atomic mass is 16.5. The lowest BCUT2D eigenvalue weighted by molar-refractivity contribution is 0.0428. The van der Waals surface area contributed by atoms with E-state index in [1.165, 1.54) is 0 Å². The molecular formula is C17H22N4O3. The predicted octanol–water partition coefficient (Wildman–Crippen LogP) is 2.17. The number of hydrogen-bond donors (Lipinski definition) is 2. The SMILES string of the molecule is CCOC1COCC1NC(=O)Nc1ccc2nc(C)c(C)nc2c1. The highest BCUT2D eigenvalue weighted by Gasteiger charge is 2.30. The van der Waals surface area contributed by atoms with Crippen molar-refractivity contribution >= 4 is 22.8 Å². The Balaban J connectivity index is 1.68. The fourth-order valence-electron chi connectivity index (χ4n) is 2.69. The molecule has 1 aliphatic heterocycles. The van der Waals surface area contributed by atoms with E-state index >= 15 is 0 Å². The lowest BCUT2D eigenvalue weighted by Gasteiger charge is -2.19. The van der Waals surface area contributed by atoms with Gasteiger partial charge in [-0.05, 0) is 39.0 Å². The molecule has 1 fully saturated rings. The summed E-state index contributed by atoms with van der Waals surface area (Å²) in [6, 6.07) is 5.06. The summed E-state index contributed by atoms with van der Waals surface area (Å²) in [4.78, 5) is 21.2. The van der Waals surface area contributed by atoms with Crippen molar-refractivity contribution in [3.63, 3.8) is 0 Å². The molecule has 2 aromatic rings. The number of aromatic nitrogens is 2. The number of fused-ring (bicyclic) bond motifs is 1. The van der Waals surface area contributed by atoms with Crippen LogP contribution >= 0.6 is 0 Å². The van der Waals surface area contributed by atoms with Crippen LogP contribution in [0.3, 0.4) is 0 Å². The van der Waals surface area contributed by atoms with Gasteiger partial charge in [-0.1, -0.05) is 0 Å². The highest BCUT2D eigenvalue weighted by molar-refractivity contribution is 5.92. The molecule has 1 aliphatic rings. The normalized spacial score (nSPS) is 20.3. The molecule has 1 saturated heterocycles. The molecule has 0 bridgehead atoms. The minimum Gasteiger partial charge on any atom is -0.376 e. The number of ether oxygens (including phenoxy) is 2. The Labute approximate surface area is 140 Å². The molecule has 0 aliphatic carbocycles. The minimum atomic E-state index is -0.286.